The zero-order valence-corrected chi connectivity index (χ0v) is 13.7. The maximum atomic E-state index is 3.45. The SMILES string of the molecule is CC(C)C(c1ccc(C(C)(C)C)cc1)N1CCNCC1. The number of benzene rings is 1. The van der Waals surface area contributed by atoms with Crippen molar-refractivity contribution in [3.8, 4) is 0 Å². The first-order valence-electron chi connectivity index (χ1n) is 7.95. The van der Waals surface area contributed by atoms with Crippen LogP contribution in [-0.4, -0.2) is 31.1 Å². The van der Waals surface area contributed by atoms with Gasteiger partial charge >= 0.3 is 0 Å². The molecule has 0 spiro atoms. The Kier molecular flexibility index (Phi) is 4.87. The number of hydrogen-bond acceptors (Lipinski definition) is 2. The lowest BCUT2D eigenvalue weighted by Gasteiger charge is -2.37. The van der Waals surface area contributed by atoms with Crippen molar-refractivity contribution in [3.05, 3.63) is 35.4 Å². The zero-order valence-electron chi connectivity index (χ0n) is 13.7. The topological polar surface area (TPSA) is 15.3 Å². The van der Waals surface area contributed by atoms with Crippen LogP contribution in [0.15, 0.2) is 24.3 Å². The molecule has 0 aromatic heterocycles. The van der Waals surface area contributed by atoms with Crippen molar-refractivity contribution >= 4 is 0 Å². The van der Waals surface area contributed by atoms with Gasteiger partial charge in [-0.2, -0.15) is 0 Å². The van der Waals surface area contributed by atoms with Gasteiger partial charge in [0.15, 0.2) is 0 Å². The van der Waals surface area contributed by atoms with Crippen LogP contribution in [0.1, 0.15) is 51.8 Å². The van der Waals surface area contributed by atoms with Gasteiger partial charge in [0.1, 0.15) is 0 Å². The molecule has 0 bridgehead atoms. The standard InChI is InChI=1S/C18H30N2/c1-14(2)17(20-12-10-19-11-13-20)15-6-8-16(9-7-15)18(3,4)5/h6-9,14,17,19H,10-13H2,1-5H3. The lowest BCUT2D eigenvalue weighted by atomic mass is 9.85. The van der Waals surface area contributed by atoms with Gasteiger partial charge < -0.3 is 5.32 Å². The molecule has 1 fully saturated rings. The summed E-state index contributed by atoms with van der Waals surface area (Å²) in [6.45, 7) is 16.0. The van der Waals surface area contributed by atoms with E-state index in [1.54, 1.807) is 0 Å². The summed E-state index contributed by atoms with van der Waals surface area (Å²) >= 11 is 0. The predicted octanol–water partition coefficient (Wildman–Crippen LogP) is 3.59. The first kappa shape index (κ1) is 15.5. The molecule has 1 N–H and O–H groups in total. The van der Waals surface area contributed by atoms with Crippen LogP contribution in [0.5, 0.6) is 0 Å². The monoisotopic (exact) mass is 274 g/mol. The second kappa shape index (κ2) is 6.28. The highest BCUT2D eigenvalue weighted by Crippen LogP contribution is 2.31. The van der Waals surface area contributed by atoms with E-state index in [2.05, 4.69) is 69.1 Å². The molecular weight excluding hydrogens is 244 g/mol. The molecule has 0 radical (unpaired) electrons. The highest BCUT2D eigenvalue weighted by atomic mass is 15.2. The molecule has 1 unspecified atom stereocenters. The van der Waals surface area contributed by atoms with Gasteiger partial charge in [-0.1, -0.05) is 58.9 Å². The average molecular weight is 274 g/mol. The van der Waals surface area contributed by atoms with Crippen LogP contribution in [0.2, 0.25) is 0 Å². The molecule has 1 aromatic rings. The Hall–Kier alpha value is -0.860. The molecule has 2 nitrogen and oxygen atoms in total. The van der Waals surface area contributed by atoms with E-state index in [1.165, 1.54) is 11.1 Å². The Morgan fingerprint density at radius 2 is 1.55 bits per heavy atom. The maximum absolute atomic E-state index is 3.45. The normalized spacial score (nSPS) is 19.3. The summed E-state index contributed by atoms with van der Waals surface area (Å²) in [5, 5.41) is 3.45. The van der Waals surface area contributed by atoms with Gasteiger partial charge in [0.25, 0.3) is 0 Å². The van der Waals surface area contributed by atoms with Crippen LogP contribution >= 0.6 is 0 Å². The van der Waals surface area contributed by atoms with Crippen molar-refractivity contribution in [2.75, 3.05) is 26.2 Å². The molecule has 1 atom stereocenters. The van der Waals surface area contributed by atoms with Crippen molar-refractivity contribution in [2.45, 2.75) is 46.1 Å². The summed E-state index contributed by atoms with van der Waals surface area (Å²) in [6, 6.07) is 9.85. The minimum Gasteiger partial charge on any atom is -0.314 e. The summed E-state index contributed by atoms with van der Waals surface area (Å²) in [7, 11) is 0. The van der Waals surface area contributed by atoms with Crippen LogP contribution in [0.4, 0.5) is 0 Å². The zero-order chi connectivity index (χ0) is 14.8. The van der Waals surface area contributed by atoms with Crippen LogP contribution in [0.25, 0.3) is 0 Å². The molecule has 1 saturated heterocycles. The fourth-order valence-electron chi connectivity index (χ4n) is 3.16. The van der Waals surface area contributed by atoms with Crippen LogP contribution in [-0.2, 0) is 5.41 Å². The number of hydrogen-bond donors (Lipinski definition) is 1. The molecule has 1 aromatic carbocycles. The summed E-state index contributed by atoms with van der Waals surface area (Å²) in [5.74, 6) is 0.647. The minimum absolute atomic E-state index is 0.237. The number of piperazine rings is 1. The molecule has 20 heavy (non-hydrogen) atoms. The van der Waals surface area contributed by atoms with Crippen molar-refractivity contribution in [3.63, 3.8) is 0 Å². The Morgan fingerprint density at radius 3 is 2.00 bits per heavy atom. The Morgan fingerprint density at radius 1 is 1.00 bits per heavy atom. The molecule has 1 aliphatic rings. The molecule has 1 heterocycles. The van der Waals surface area contributed by atoms with E-state index in [4.69, 9.17) is 0 Å². The van der Waals surface area contributed by atoms with Gasteiger partial charge in [-0.25, -0.2) is 0 Å². The third kappa shape index (κ3) is 3.62. The first-order chi connectivity index (χ1) is 9.39. The number of nitrogens with one attached hydrogen (secondary N) is 1. The van der Waals surface area contributed by atoms with E-state index < -0.39 is 0 Å². The molecule has 0 aliphatic carbocycles. The van der Waals surface area contributed by atoms with Gasteiger partial charge in [0.2, 0.25) is 0 Å². The minimum atomic E-state index is 0.237. The predicted molar refractivity (Wildman–Crippen MR) is 87.2 cm³/mol. The lowest BCUT2D eigenvalue weighted by molar-refractivity contribution is 0.137. The highest BCUT2D eigenvalue weighted by molar-refractivity contribution is 5.29. The molecule has 0 saturated carbocycles. The third-order valence-corrected chi connectivity index (χ3v) is 4.29. The van der Waals surface area contributed by atoms with Crippen LogP contribution in [0.3, 0.4) is 0 Å². The summed E-state index contributed by atoms with van der Waals surface area (Å²) in [6.07, 6.45) is 0. The van der Waals surface area contributed by atoms with Gasteiger partial charge in [-0.3, -0.25) is 4.90 Å². The highest BCUT2D eigenvalue weighted by Gasteiger charge is 2.25. The van der Waals surface area contributed by atoms with Crippen LogP contribution in [0, 0.1) is 5.92 Å². The van der Waals surface area contributed by atoms with Crippen molar-refractivity contribution in [1.82, 2.24) is 10.2 Å². The lowest BCUT2D eigenvalue weighted by Crippen LogP contribution is -2.46. The number of rotatable bonds is 3. The van der Waals surface area contributed by atoms with Gasteiger partial charge in [0, 0.05) is 32.2 Å². The quantitative estimate of drug-likeness (QED) is 0.906. The largest absolute Gasteiger partial charge is 0.314 e. The molecule has 112 valence electrons. The van der Waals surface area contributed by atoms with E-state index in [0.717, 1.165) is 26.2 Å². The first-order valence-corrected chi connectivity index (χ1v) is 7.95. The van der Waals surface area contributed by atoms with E-state index in [9.17, 15) is 0 Å². The fourth-order valence-corrected chi connectivity index (χ4v) is 3.16. The van der Waals surface area contributed by atoms with E-state index in [1.807, 2.05) is 0 Å². The Balaban J connectivity index is 2.21. The molecular formula is C18H30N2. The molecule has 2 heteroatoms. The van der Waals surface area contributed by atoms with Gasteiger partial charge in [-0.05, 0) is 22.5 Å². The van der Waals surface area contributed by atoms with E-state index in [-0.39, 0.29) is 5.41 Å². The maximum Gasteiger partial charge on any atom is 0.0372 e. The van der Waals surface area contributed by atoms with Crippen molar-refractivity contribution in [2.24, 2.45) is 5.92 Å². The van der Waals surface area contributed by atoms with Crippen LogP contribution < -0.4 is 5.32 Å². The number of nitrogens with zero attached hydrogens (tertiary/aromatic N) is 1. The summed E-state index contributed by atoms with van der Waals surface area (Å²) in [4.78, 5) is 2.63. The average Bonchev–Trinajstić information content (AvgIpc) is 2.39. The van der Waals surface area contributed by atoms with E-state index in [0.29, 0.717) is 12.0 Å². The molecule has 0 amide bonds. The second-order valence-electron chi connectivity index (χ2n) is 7.35. The fraction of sp³-hybridized carbons (Fsp3) is 0.667. The molecule has 1 aliphatic heterocycles. The molecule has 2 rings (SSSR count). The smallest absolute Gasteiger partial charge is 0.0372 e. The van der Waals surface area contributed by atoms with Crippen molar-refractivity contribution in [1.29, 1.82) is 0 Å². The third-order valence-electron chi connectivity index (χ3n) is 4.29. The van der Waals surface area contributed by atoms with Gasteiger partial charge in [0.05, 0.1) is 0 Å². The second-order valence-corrected chi connectivity index (χ2v) is 7.35. The van der Waals surface area contributed by atoms with E-state index >= 15 is 0 Å². The Bertz CT molecular complexity index is 408. The summed E-state index contributed by atoms with van der Waals surface area (Å²) in [5.41, 5.74) is 3.12. The summed E-state index contributed by atoms with van der Waals surface area (Å²) < 4.78 is 0. The Labute approximate surface area is 124 Å². The van der Waals surface area contributed by atoms with Crippen molar-refractivity contribution < 1.29 is 0 Å². The van der Waals surface area contributed by atoms with Gasteiger partial charge in [-0.15, -0.1) is 0 Å².